The Kier molecular flexibility index (Phi) is 5.44. The lowest BCUT2D eigenvalue weighted by atomic mass is 9.49. The average Bonchev–Trinajstić information content (AvgIpc) is 2.69. The van der Waals surface area contributed by atoms with Crippen molar-refractivity contribution in [1.29, 1.82) is 0 Å². The predicted octanol–water partition coefficient (Wildman–Crippen LogP) is 8.11. The van der Waals surface area contributed by atoms with E-state index in [1.54, 1.807) is 38.5 Å². The Morgan fingerprint density at radius 2 is 0.871 bits per heavy atom. The molecule has 8 fully saturated rings. The van der Waals surface area contributed by atoms with Crippen molar-refractivity contribution in [3.05, 3.63) is 23.3 Å². The molecule has 0 atom stereocenters. The lowest BCUT2D eigenvalue weighted by Gasteiger charge is -2.56. The van der Waals surface area contributed by atoms with E-state index in [1.165, 1.54) is 62.5 Å². The van der Waals surface area contributed by atoms with Crippen LogP contribution >= 0.6 is 0 Å². The van der Waals surface area contributed by atoms with E-state index in [0.717, 1.165) is 48.7 Å². The topological polar surface area (TPSA) is 9.23 Å². The summed E-state index contributed by atoms with van der Waals surface area (Å²) in [7, 11) is 0. The smallest absolute Gasteiger partial charge is 0.0678 e. The fourth-order valence-electron chi connectivity index (χ4n) is 10.4. The Morgan fingerprint density at radius 1 is 0.581 bits per heavy atom. The van der Waals surface area contributed by atoms with Gasteiger partial charge in [-0.1, -0.05) is 23.3 Å². The van der Waals surface area contributed by atoms with Crippen molar-refractivity contribution in [2.24, 2.45) is 46.3 Å². The van der Waals surface area contributed by atoms with E-state index in [4.69, 9.17) is 4.74 Å². The Balaban J connectivity index is 0.965. The zero-order valence-electron chi connectivity index (χ0n) is 20.3. The van der Waals surface area contributed by atoms with Crippen molar-refractivity contribution in [3.8, 4) is 0 Å². The second-order valence-corrected chi connectivity index (χ2v) is 13.8. The summed E-state index contributed by atoms with van der Waals surface area (Å²) in [6, 6.07) is 0. The molecular weight excluding hydrogens is 376 g/mol. The lowest BCUT2D eigenvalue weighted by molar-refractivity contribution is -0.0509. The summed E-state index contributed by atoms with van der Waals surface area (Å²) in [5.41, 5.74) is 4.27. The van der Waals surface area contributed by atoms with Gasteiger partial charge >= 0.3 is 0 Å². The molecule has 0 N–H and O–H groups in total. The molecule has 172 valence electrons. The number of ether oxygens (including phenoxy) is 1. The zero-order valence-corrected chi connectivity index (χ0v) is 20.3. The van der Waals surface area contributed by atoms with E-state index in [1.807, 2.05) is 0 Å². The summed E-state index contributed by atoms with van der Waals surface area (Å²) in [5.74, 6) is 6.41. The molecule has 0 heterocycles. The van der Waals surface area contributed by atoms with E-state index in [0.29, 0.717) is 10.8 Å². The third-order valence-electron chi connectivity index (χ3n) is 10.8. The van der Waals surface area contributed by atoms with E-state index < -0.39 is 0 Å². The van der Waals surface area contributed by atoms with Gasteiger partial charge in [0.1, 0.15) is 0 Å². The van der Waals surface area contributed by atoms with E-state index in [2.05, 4.69) is 26.0 Å². The Labute approximate surface area is 191 Å². The minimum atomic E-state index is 0.670. The van der Waals surface area contributed by atoms with Gasteiger partial charge in [-0.05, 0) is 150 Å². The van der Waals surface area contributed by atoms with E-state index >= 15 is 0 Å². The minimum absolute atomic E-state index is 0.670. The standard InChI is InChI=1S/C30H46O/c1-21(3-5-29-13-23-7-24(14-29)9-25(8-23)15-29)19-31-20-22(2)4-6-30-16-26-10-27(17-30)12-28(11-26)18-30/h3-4,23-28H,5-20H2,1-2H3. The first-order valence-corrected chi connectivity index (χ1v) is 13.9. The second kappa shape index (κ2) is 8.03. The number of rotatable bonds is 8. The molecule has 8 rings (SSSR count). The fraction of sp³-hybridized carbons (Fsp3) is 0.867. The van der Waals surface area contributed by atoms with Crippen molar-refractivity contribution >= 4 is 0 Å². The van der Waals surface area contributed by atoms with E-state index in [9.17, 15) is 0 Å². The molecule has 8 aliphatic carbocycles. The van der Waals surface area contributed by atoms with Crippen LogP contribution in [0, 0.1) is 46.3 Å². The van der Waals surface area contributed by atoms with Gasteiger partial charge in [0, 0.05) is 0 Å². The van der Waals surface area contributed by atoms with Crippen LogP contribution in [-0.2, 0) is 4.74 Å². The molecule has 0 aromatic rings. The van der Waals surface area contributed by atoms with E-state index in [-0.39, 0.29) is 0 Å². The van der Waals surface area contributed by atoms with Crippen molar-refractivity contribution in [2.75, 3.05) is 13.2 Å². The largest absolute Gasteiger partial charge is 0.373 e. The van der Waals surface area contributed by atoms with Crippen molar-refractivity contribution in [1.82, 2.24) is 0 Å². The van der Waals surface area contributed by atoms with Crippen LogP contribution in [0.4, 0.5) is 0 Å². The number of hydrogen-bond donors (Lipinski definition) is 0. The highest BCUT2D eigenvalue weighted by Gasteiger charge is 2.51. The predicted molar refractivity (Wildman–Crippen MR) is 129 cm³/mol. The normalized spacial score (nSPS) is 48.1. The molecule has 0 unspecified atom stereocenters. The first kappa shape index (κ1) is 21.0. The van der Waals surface area contributed by atoms with Crippen LogP contribution in [0.5, 0.6) is 0 Å². The molecule has 31 heavy (non-hydrogen) atoms. The second-order valence-electron chi connectivity index (χ2n) is 13.8. The van der Waals surface area contributed by atoms with Gasteiger partial charge in [-0.25, -0.2) is 0 Å². The highest BCUT2D eigenvalue weighted by Crippen LogP contribution is 2.62. The van der Waals surface area contributed by atoms with Crippen LogP contribution in [0.15, 0.2) is 23.3 Å². The summed E-state index contributed by atoms with van der Waals surface area (Å²) in [6.07, 6.45) is 26.2. The number of hydrogen-bond acceptors (Lipinski definition) is 1. The van der Waals surface area contributed by atoms with Gasteiger partial charge in [0.2, 0.25) is 0 Å². The number of allylic oxidation sites excluding steroid dienone is 2. The molecule has 0 aromatic carbocycles. The van der Waals surface area contributed by atoms with Gasteiger partial charge in [-0.15, -0.1) is 0 Å². The van der Waals surface area contributed by atoms with Crippen molar-refractivity contribution in [2.45, 2.75) is 104 Å². The monoisotopic (exact) mass is 422 g/mol. The van der Waals surface area contributed by atoms with Gasteiger partial charge in [0.15, 0.2) is 0 Å². The highest BCUT2D eigenvalue weighted by atomic mass is 16.5. The van der Waals surface area contributed by atoms with Gasteiger partial charge in [0.25, 0.3) is 0 Å². The maximum Gasteiger partial charge on any atom is 0.0678 e. The molecule has 8 saturated carbocycles. The summed E-state index contributed by atoms with van der Waals surface area (Å²) in [5, 5.41) is 0. The molecule has 0 aromatic heterocycles. The molecule has 1 heteroatoms. The molecule has 1 nitrogen and oxygen atoms in total. The molecule has 0 spiro atoms. The average molecular weight is 423 g/mol. The summed E-state index contributed by atoms with van der Waals surface area (Å²) in [6.45, 7) is 6.26. The van der Waals surface area contributed by atoms with Crippen molar-refractivity contribution < 1.29 is 4.74 Å². The van der Waals surface area contributed by atoms with Crippen LogP contribution < -0.4 is 0 Å². The van der Waals surface area contributed by atoms with Crippen LogP contribution in [0.3, 0.4) is 0 Å². The molecule has 8 bridgehead atoms. The Morgan fingerprint density at radius 3 is 1.16 bits per heavy atom. The quantitative estimate of drug-likeness (QED) is 0.359. The minimum Gasteiger partial charge on any atom is -0.373 e. The lowest BCUT2D eigenvalue weighted by Crippen LogP contribution is -2.45. The summed E-state index contributed by atoms with van der Waals surface area (Å²) in [4.78, 5) is 0. The maximum atomic E-state index is 6.16. The first-order valence-electron chi connectivity index (χ1n) is 13.9. The van der Waals surface area contributed by atoms with Gasteiger partial charge in [0.05, 0.1) is 13.2 Å². The SMILES string of the molecule is CC(=CCC12CC3CC(CC(C3)C1)C2)COCC(C)=CCC12CC3CC(CC(C3)C1)C2. The molecule has 0 amide bonds. The molecular formula is C30H46O. The summed E-state index contributed by atoms with van der Waals surface area (Å²) >= 11 is 0. The van der Waals surface area contributed by atoms with Gasteiger partial charge < -0.3 is 4.74 Å². The Hall–Kier alpha value is -0.560. The zero-order chi connectivity index (χ0) is 21.1. The van der Waals surface area contributed by atoms with Gasteiger partial charge in [-0.3, -0.25) is 0 Å². The maximum absolute atomic E-state index is 6.16. The summed E-state index contributed by atoms with van der Waals surface area (Å²) < 4.78 is 6.16. The Bertz CT molecular complexity index is 607. The third kappa shape index (κ3) is 4.34. The molecule has 0 radical (unpaired) electrons. The molecule has 0 saturated heterocycles. The molecule has 0 aliphatic heterocycles. The van der Waals surface area contributed by atoms with Crippen LogP contribution in [0.2, 0.25) is 0 Å². The fourth-order valence-corrected chi connectivity index (χ4v) is 10.4. The van der Waals surface area contributed by atoms with Crippen LogP contribution in [-0.4, -0.2) is 13.2 Å². The van der Waals surface area contributed by atoms with Gasteiger partial charge in [-0.2, -0.15) is 0 Å². The third-order valence-corrected chi connectivity index (χ3v) is 10.8. The highest BCUT2D eigenvalue weighted by molar-refractivity contribution is 5.10. The van der Waals surface area contributed by atoms with Crippen LogP contribution in [0.1, 0.15) is 104 Å². The van der Waals surface area contributed by atoms with Crippen molar-refractivity contribution in [3.63, 3.8) is 0 Å². The van der Waals surface area contributed by atoms with Crippen LogP contribution in [0.25, 0.3) is 0 Å². The molecule has 8 aliphatic rings. The first-order chi connectivity index (χ1) is 15.0.